The van der Waals surface area contributed by atoms with E-state index in [0.717, 1.165) is 17.8 Å². The summed E-state index contributed by atoms with van der Waals surface area (Å²) in [5, 5.41) is 6.03. The zero-order valence-electron chi connectivity index (χ0n) is 11.4. The fourth-order valence-corrected chi connectivity index (χ4v) is 1.89. The summed E-state index contributed by atoms with van der Waals surface area (Å²) in [6.07, 6.45) is 1.38. The smallest absolute Gasteiger partial charge is 0.160 e. The maximum Gasteiger partial charge on any atom is 0.160 e. The number of anilines is 4. The lowest BCUT2D eigenvalue weighted by Crippen LogP contribution is -1.99. The van der Waals surface area contributed by atoms with Crippen LogP contribution in [0, 0.1) is 11.6 Å². The molecule has 3 aromatic rings. The number of nitrogens with zero attached hydrogens (tertiary/aromatic N) is 2. The molecule has 1 aromatic heterocycles. The molecule has 6 heteroatoms. The highest BCUT2D eigenvalue weighted by atomic mass is 19.2. The Labute approximate surface area is 125 Å². The average molecular weight is 298 g/mol. The summed E-state index contributed by atoms with van der Waals surface area (Å²) in [7, 11) is 0. The molecular formula is C16H12F2N4. The molecule has 4 nitrogen and oxygen atoms in total. The van der Waals surface area contributed by atoms with Gasteiger partial charge in [0, 0.05) is 23.5 Å². The number of aromatic nitrogens is 2. The first-order valence-corrected chi connectivity index (χ1v) is 6.57. The van der Waals surface area contributed by atoms with Gasteiger partial charge in [0.1, 0.15) is 18.0 Å². The van der Waals surface area contributed by atoms with Crippen molar-refractivity contribution in [3.63, 3.8) is 0 Å². The molecule has 0 spiro atoms. The molecule has 0 atom stereocenters. The number of hydrogen-bond donors (Lipinski definition) is 2. The molecule has 0 unspecified atom stereocenters. The normalized spacial score (nSPS) is 10.3. The first-order chi connectivity index (χ1) is 10.7. The largest absolute Gasteiger partial charge is 0.340 e. The van der Waals surface area contributed by atoms with Gasteiger partial charge >= 0.3 is 0 Å². The molecule has 0 radical (unpaired) electrons. The highest BCUT2D eigenvalue weighted by molar-refractivity contribution is 5.62. The Kier molecular flexibility index (Phi) is 3.91. The van der Waals surface area contributed by atoms with Crippen molar-refractivity contribution in [2.75, 3.05) is 10.6 Å². The van der Waals surface area contributed by atoms with Gasteiger partial charge in [-0.05, 0) is 24.3 Å². The SMILES string of the molecule is Fc1ccc(Nc2cc(Nc3ccccc3)ncn2)cc1F. The van der Waals surface area contributed by atoms with E-state index in [1.54, 1.807) is 6.07 Å². The first kappa shape index (κ1) is 13.9. The van der Waals surface area contributed by atoms with E-state index in [0.29, 0.717) is 17.3 Å². The van der Waals surface area contributed by atoms with Gasteiger partial charge in [-0.3, -0.25) is 0 Å². The summed E-state index contributed by atoms with van der Waals surface area (Å²) in [5.74, 6) is -0.743. The fourth-order valence-electron chi connectivity index (χ4n) is 1.89. The van der Waals surface area contributed by atoms with Crippen LogP contribution in [0.15, 0.2) is 60.9 Å². The minimum atomic E-state index is -0.915. The molecule has 0 fully saturated rings. The Hall–Kier alpha value is -3.02. The van der Waals surface area contributed by atoms with Crippen molar-refractivity contribution >= 4 is 23.0 Å². The molecular weight excluding hydrogens is 286 g/mol. The van der Waals surface area contributed by atoms with Crippen molar-refractivity contribution in [1.29, 1.82) is 0 Å². The topological polar surface area (TPSA) is 49.8 Å². The standard InChI is InChI=1S/C16H12F2N4/c17-13-7-6-12(8-14(13)18)22-16-9-15(19-10-20-16)21-11-4-2-1-3-5-11/h1-10H,(H2,19,20,21,22). The zero-order valence-corrected chi connectivity index (χ0v) is 11.4. The van der Waals surface area contributed by atoms with E-state index in [9.17, 15) is 8.78 Å². The number of para-hydroxylation sites is 1. The van der Waals surface area contributed by atoms with Crippen LogP contribution in [0.3, 0.4) is 0 Å². The van der Waals surface area contributed by atoms with Gasteiger partial charge in [-0.1, -0.05) is 18.2 Å². The minimum absolute atomic E-state index is 0.406. The average Bonchev–Trinajstić information content (AvgIpc) is 2.52. The summed E-state index contributed by atoms with van der Waals surface area (Å²) in [6, 6.07) is 14.8. The maximum absolute atomic E-state index is 13.2. The Bertz CT molecular complexity index is 778. The molecule has 0 bridgehead atoms. The summed E-state index contributed by atoms with van der Waals surface area (Å²) in [5.41, 5.74) is 1.29. The van der Waals surface area contributed by atoms with E-state index < -0.39 is 11.6 Å². The van der Waals surface area contributed by atoms with Crippen molar-refractivity contribution in [1.82, 2.24) is 9.97 Å². The number of benzene rings is 2. The molecule has 2 N–H and O–H groups in total. The van der Waals surface area contributed by atoms with Crippen LogP contribution in [0.2, 0.25) is 0 Å². The van der Waals surface area contributed by atoms with Crippen molar-refractivity contribution in [3.05, 3.63) is 72.6 Å². The Morgan fingerprint density at radius 3 is 2.05 bits per heavy atom. The lowest BCUT2D eigenvalue weighted by molar-refractivity contribution is 0.509. The molecule has 110 valence electrons. The number of rotatable bonds is 4. The van der Waals surface area contributed by atoms with Crippen LogP contribution in [-0.2, 0) is 0 Å². The predicted molar refractivity (Wildman–Crippen MR) is 81.4 cm³/mol. The summed E-state index contributed by atoms with van der Waals surface area (Å²) in [4.78, 5) is 8.16. The monoisotopic (exact) mass is 298 g/mol. The van der Waals surface area contributed by atoms with Crippen LogP contribution in [0.4, 0.5) is 31.8 Å². The first-order valence-electron chi connectivity index (χ1n) is 6.57. The molecule has 0 saturated heterocycles. The third kappa shape index (κ3) is 3.35. The van der Waals surface area contributed by atoms with Gasteiger partial charge in [0.05, 0.1) is 0 Å². The minimum Gasteiger partial charge on any atom is -0.340 e. The quantitative estimate of drug-likeness (QED) is 0.756. The lowest BCUT2D eigenvalue weighted by Gasteiger charge is -2.09. The van der Waals surface area contributed by atoms with Gasteiger partial charge in [-0.25, -0.2) is 18.7 Å². The maximum atomic E-state index is 13.2. The van der Waals surface area contributed by atoms with Gasteiger partial charge in [-0.2, -0.15) is 0 Å². The van der Waals surface area contributed by atoms with Gasteiger partial charge in [0.2, 0.25) is 0 Å². The van der Waals surface area contributed by atoms with Crippen molar-refractivity contribution in [2.24, 2.45) is 0 Å². The van der Waals surface area contributed by atoms with Crippen molar-refractivity contribution in [3.8, 4) is 0 Å². The zero-order chi connectivity index (χ0) is 15.4. The molecule has 0 aliphatic rings. The van der Waals surface area contributed by atoms with E-state index in [4.69, 9.17) is 0 Å². The summed E-state index contributed by atoms with van der Waals surface area (Å²) in [6.45, 7) is 0. The Morgan fingerprint density at radius 2 is 1.36 bits per heavy atom. The van der Waals surface area contributed by atoms with E-state index in [1.165, 1.54) is 12.4 Å². The van der Waals surface area contributed by atoms with Gasteiger partial charge in [0.15, 0.2) is 11.6 Å². The lowest BCUT2D eigenvalue weighted by atomic mass is 10.3. The van der Waals surface area contributed by atoms with Crippen molar-refractivity contribution in [2.45, 2.75) is 0 Å². The number of hydrogen-bond acceptors (Lipinski definition) is 4. The van der Waals surface area contributed by atoms with Crippen LogP contribution in [-0.4, -0.2) is 9.97 Å². The van der Waals surface area contributed by atoms with Crippen LogP contribution >= 0.6 is 0 Å². The highest BCUT2D eigenvalue weighted by Gasteiger charge is 2.04. The van der Waals surface area contributed by atoms with Crippen LogP contribution < -0.4 is 10.6 Å². The molecule has 0 aliphatic carbocycles. The second kappa shape index (κ2) is 6.17. The van der Waals surface area contributed by atoms with E-state index >= 15 is 0 Å². The third-order valence-electron chi connectivity index (χ3n) is 2.91. The van der Waals surface area contributed by atoms with Gasteiger partial charge in [0.25, 0.3) is 0 Å². The summed E-state index contributed by atoms with van der Waals surface area (Å²) < 4.78 is 26.1. The predicted octanol–water partition coefficient (Wildman–Crippen LogP) is 4.24. The molecule has 3 rings (SSSR count). The van der Waals surface area contributed by atoms with Crippen LogP contribution in [0.25, 0.3) is 0 Å². The van der Waals surface area contributed by atoms with E-state index in [1.807, 2.05) is 30.3 Å². The molecule has 0 saturated carbocycles. The molecule has 2 aromatic carbocycles. The molecule has 0 amide bonds. The van der Waals surface area contributed by atoms with Crippen LogP contribution in [0.5, 0.6) is 0 Å². The van der Waals surface area contributed by atoms with E-state index in [2.05, 4.69) is 20.6 Å². The second-order valence-electron chi connectivity index (χ2n) is 4.53. The van der Waals surface area contributed by atoms with Crippen LogP contribution in [0.1, 0.15) is 0 Å². The highest BCUT2D eigenvalue weighted by Crippen LogP contribution is 2.20. The molecule has 22 heavy (non-hydrogen) atoms. The number of nitrogens with one attached hydrogen (secondary N) is 2. The second-order valence-corrected chi connectivity index (χ2v) is 4.53. The summed E-state index contributed by atoms with van der Waals surface area (Å²) >= 11 is 0. The Morgan fingerprint density at radius 1 is 0.682 bits per heavy atom. The third-order valence-corrected chi connectivity index (χ3v) is 2.91. The number of halogens is 2. The molecule has 1 heterocycles. The fraction of sp³-hybridized carbons (Fsp3) is 0. The van der Waals surface area contributed by atoms with Crippen molar-refractivity contribution < 1.29 is 8.78 Å². The van der Waals surface area contributed by atoms with Gasteiger partial charge in [-0.15, -0.1) is 0 Å². The van der Waals surface area contributed by atoms with Gasteiger partial charge < -0.3 is 10.6 Å². The van der Waals surface area contributed by atoms with E-state index in [-0.39, 0.29) is 0 Å². The Balaban J connectivity index is 1.77. The molecule has 0 aliphatic heterocycles.